The molecule has 1 atom stereocenters. The van der Waals surface area contributed by atoms with Crippen molar-refractivity contribution < 1.29 is 18.3 Å². The molecule has 1 aromatic rings. The smallest absolute Gasteiger partial charge is 0.383 e. The van der Waals surface area contributed by atoms with Crippen LogP contribution in [0.1, 0.15) is 19.2 Å². The van der Waals surface area contributed by atoms with Crippen LogP contribution in [-0.2, 0) is 13.0 Å². The number of hydrogen-bond donors (Lipinski definition) is 1. The molecule has 15 heavy (non-hydrogen) atoms. The number of aromatic nitrogens is 3. The highest BCUT2D eigenvalue weighted by Gasteiger charge is 2.38. The van der Waals surface area contributed by atoms with Gasteiger partial charge in [-0.2, -0.15) is 18.3 Å². The van der Waals surface area contributed by atoms with Crippen LogP contribution >= 0.6 is 0 Å². The van der Waals surface area contributed by atoms with Crippen LogP contribution in [0.4, 0.5) is 13.2 Å². The van der Waals surface area contributed by atoms with E-state index in [0.29, 0.717) is 6.54 Å². The van der Waals surface area contributed by atoms with E-state index in [1.807, 2.05) is 6.92 Å². The van der Waals surface area contributed by atoms with E-state index < -0.39 is 18.7 Å². The predicted octanol–water partition coefficient (Wildman–Crippen LogP) is 1.15. The minimum atomic E-state index is -4.61. The Hall–Kier alpha value is -1.11. The van der Waals surface area contributed by atoms with E-state index in [-0.39, 0.29) is 5.82 Å². The zero-order chi connectivity index (χ0) is 11.5. The molecule has 0 aliphatic heterocycles. The van der Waals surface area contributed by atoms with Crippen LogP contribution < -0.4 is 0 Å². The molecule has 4 nitrogen and oxygen atoms in total. The monoisotopic (exact) mass is 223 g/mol. The minimum absolute atomic E-state index is 0.154. The van der Waals surface area contributed by atoms with E-state index >= 15 is 0 Å². The van der Waals surface area contributed by atoms with Crippen LogP contribution in [0.3, 0.4) is 0 Å². The highest BCUT2D eigenvalue weighted by Crippen LogP contribution is 2.22. The Balaban J connectivity index is 2.68. The van der Waals surface area contributed by atoms with E-state index in [9.17, 15) is 13.2 Å². The molecule has 0 bridgehead atoms. The molecule has 0 saturated heterocycles. The molecule has 1 N–H and O–H groups in total. The summed E-state index contributed by atoms with van der Waals surface area (Å²) in [5.41, 5.74) is 0. The summed E-state index contributed by atoms with van der Waals surface area (Å²) >= 11 is 0. The Labute approximate surface area is 84.7 Å². The Kier molecular flexibility index (Phi) is 3.67. The van der Waals surface area contributed by atoms with Crippen molar-refractivity contribution in [3.8, 4) is 0 Å². The summed E-state index contributed by atoms with van der Waals surface area (Å²) in [6, 6.07) is 0. The van der Waals surface area contributed by atoms with Crippen molar-refractivity contribution in [3.63, 3.8) is 0 Å². The maximum Gasteiger partial charge on any atom is 0.414 e. The van der Waals surface area contributed by atoms with Gasteiger partial charge in [0.05, 0.1) is 0 Å². The van der Waals surface area contributed by atoms with Crippen molar-refractivity contribution in [1.29, 1.82) is 0 Å². The molecule has 0 aromatic carbocycles. The third kappa shape index (κ3) is 3.19. The van der Waals surface area contributed by atoms with Crippen molar-refractivity contribution in [2.75, 3.05) is 0 Å². The van der Waals surface area contributed by atoms with Crippen LogP contribution in [0.25, 0.3) is 0 Å². The second-order valence-corrected chi connectivity index (χ2v) is 3.16. The molecule has 1 unspecified atom stereocenters. The first kappa shape index (κ1) is 12.0. The number of aryl methyl sites for hydroxylation is 1. The summed E-state index contributed by atoms with van der Waals surface area (Å²) in [6.45, 7) is 2.38. The van der Waals surface area contributed by atoms with Crippen molar-refractivity contribution in [1.82, 2.24) is 14.8 Å². The number of aliphatic hydroxyl groups is 1. The fraction of sp³-hybridized carbons (Fsp3) is 0.750. The molecule has 0 amide bonds. The molecule has 1 rings (SSSR count). The molecular formula is C8H12F3N3O. The standard InChI is InChI=1S/C8H12F3N3O/c1-2-3-14-7(12-5-13-14)4-6(15)8(9,10)11/h5-6,15H,2-4H2,1H3. The molecule has 0 radical (unpaired) electrons. The summed E-state index contributed by atoms with van der Waals surface area (Å²) < 4.78 is 37.5. The van der Waals surface area contributed by atoms with E-state index in [1.165, 1.54) is 11.0 Å². The van der Waals surface area contributed by atoms with Crippen LogP contribution in [0.5, 0.6) is 0 Å². The van der Waals surface area contributed by atoms with Crippen LogP contribution in [0, 0.1) is 0 Å². The lowest BCUT2D eigenvalue weighted by atomic mass is 10.2. The Morgan fingerprint density at radius 3 is 2.73 bits per heavy atom. The lowest BCUT2D eigenvalue weighted by molar-refractivity contribution is -0.203. The highest BCUT2D eigenvalue weighted by atomic mass is 19.4. The summed E-state index contributed by atoms with van der Waals surface area (Å²) in [7, 11) is 0. The van der Waals surface area contributed by atoms with E-state index in [2.05, 4.69) is 10.1 Å². The average Bonchev–Trinajstić information content (AvgIpc) is 2.52. The van der Waals surface area contributed by atoms with Crippen LogP contribution in [0.15, 0.2) is 6.33 Å². The van der Waals surface area contributed by atoms with Crippen molar-refractivity contribution >= 4 is 0 Å². The molecule has 0 saturated carbocycles. The fourth-order valence-corrected chi connectivity index (χ4v) is 1.13. The number of rotatable bonds is 4. The van der Waals surface area contributed by atoms with E-state index in [4.69, 9.17) is 5.11 Å². The molecule has 0 fully saturated rings. The van der Waals surface area contributed by atoms with E-state index in [0.717, 1.165) is 6.42 Å². The normalized spacial score (nSPS) is 14.2. The third-order valence-electron chi connectivity index (χ3n) is 1.88. The maximum atomic E-state index is 12.1. The van der Waals surface area contributed by atoms with Gasteiger partial charge in [0.2, 0.25) is 0 Å². The fourth-order valence-electron chi connectivity index (χ4n) is 1.13. The number of alkyl halides is 3. The average molecular weight is 223 g/mol. The van der Waals surface area contributed by atoms with Gasteiger partial charge in [-0.25, -0.2) is 4.98 Å². The molecule has 0 aliphatic carbocycles. The number of aliphatic hydroxyl groups excluding tert-OH is 1. The van der Waals surface area contributed by atoms with Crippen LogP contribution in [0.2, 0.25) is 0 Å². The number of halogens is 3. The quantitative estimate of drug-likeness (QED) is 0.833. The van der Waals surface area contributed by atoms with Gasteiger partial charge in [0.15, 0.2) is 6.10 Å². The van der Waals surface area contributed by atoms with Gasteiger partial charge >= 0.3 is 6.18 Å². The number of hydrogen-bond acceptors (Lipinski definition) is 3. The maximum absolute atomic E-state index is 12.1. The molecule has 1 aromatic heterocycles. The zero-order valence-electron chi connectivity index (χ0n) is 8.20. The Bertz CT molecular complexity index is 310. The first-order valence-corrected chi connectivity index (χ1v) is 4.56. The Morgan fingerprint density at radius 2 is 2.20 bits per heavy atom. The molecular weight excluding hydrogens is 211 g/mol. The van der Waals surface area contributed by atoms with Gasteiger partial charge in [0.1, 0.15) is 12.2 Å². The van der Waals surface area contributed by atoms with Gasteiger partial charge in [0, 0.05) is 13.0 Å². The van der Waals surface area contributed by atoms with Crippen molar-refractivity contribution in [2.24, 2.45) is 0 Å². The summed E-state index contributed by atoms with van der Waals surface area (Å²) in [4.78, 5) is 3.68. The molecule has 1 heterocycles. The number of nitrogens with zero attached hydrogens (tertiary/aromatic N) is 3. The Morgan fingerprint density at radius 1 is 1.53 bits per heavy atom. The second kappa shape index (κ2) is 4.61. The summed E-state index contributed by atoms with van der Waals surface area (Å²) in [5, 5.41) is 12.6. The van der Waals surface area contributed by atoms with Crippen molar-refractivity contribution in [2.45, 2.75) is 38.6 Å². The van der Waals surface area contributed by atoms with Gasteiger partial charge in [-0.1, -0.05) is 6.92 Å². The third-order valence-corrected chi connectivity index (χ3v) is 1.88. The SMILES string of the molecule is CCCn1ncnc1CC(O)C(F)(F)F. The summed E-state index contributed by atoms with van der Waals surface area (Å²) in [6.07, 6.45) is -5.60. The first-order chi connectivity index (χ1) is 6.95. The van der Waals surface area contributed by atoms with Gasteiger partial charge < -0.3 is 5.11 Å². The van der Waals surface area contributed by atoms with E-state index in [1.54, 1.807) is 0 Å². The van der Waals surface area contributed by atoms with Crippen molar-refractivity contribution in [3.05, 3.63) is 12.2 Å². The first-order valence-electron chi connectivity index (χ1n) is 4.56. The van der Waals surface area contributed by atoms with Gasteiger partial charge in [-0.3, -0.25) is 4.68 Å². The largest absolute Gasteiger partial charge is 0.414 e. The topological polar surface area (TPSA) is 50.9 Å². The lowest BCUT2D eigenvalue weighted by Gasteiger charge is -2.14. The minimum Gasteiger partial charge on any atom is -0.383 e. The molecule has 0 spiro atoms. The van der Waals surface area contributed by atoms with Gasteiger partial charge in [0.25, 0.3) is 0 Å². The lowest BCUT2D eigenvalue weighted by Crippen LogP contribution is -2.31. The van der Waals surface area contributed by atoms with Gasteiger partial charge in [-0.05, 0) is 6.42 Å². The van der Waals surface area contributed by atoms with Gasteiger partial charge in [-0.15, -0.1) is 0 Å². The summed E-state index contributed by atoms with van der Waals surface area (Å²) in [5.74, 6) is 0.154. The molecule has 0 aliphatic rings. The molecule has 7 heteroatoms. The molecule has 86 valence electrons. The highest BCUT2D eigenvalue weighted by molar-refractivity contribution is 4.89. The van der Waals surface area contributed by atoms with Crippen LogP contribution in [-0.4, -0.2) is 32.2 Å². The zero-order valence-corrected chi connectivity index (χ0v) is 8.20. The predicted molar refractivity (Wildman–Crippen MR) is 46.1 cm³/mol. The second-order valence-electron chi connectivity index (χ2n) is 3.16.